The van der Waals surface area contributed by atoms with Gasteiger partial charge in [0.25, 0.3) is 10.1 Å². The van der Waals surface area contributed by atoms with Crippen LogP contribution in [0.4, 0.5) is 10.8 Å². The zero-order valence-electron chi connectivity index (χ0n) is 14.5. The second-order valence-corrected chi connectivity index (χ2v) is 6.74. The molecule has 3 nitrogen and oxygen atoms in total. The number of rotatable bonds is 5. The van der Waals surface area contributed by atoms with Crippen LogP contribution < -0.4 is 22.4 Å². The molecule has 0 unspecified atom stereocenters. The number of halogens is 1. The van der Waals surface area contributed by atoms with Crippen molar-refractivity contribution in [3.05, 3.63) is 102 Å². The summed E-state index contributed by atoms with van der Waals surface area (Å²) < 4.78 is 1.97. The lowest BCUT2D eigenvalue weighted by Gasteiger charge is -1.97. The van der Waals surface area contributed by atoms with Crippen LogP contribution in [0, 0.1) is 0 Å². The smallest absolute Gasteiger partial charge is 0.297 e. The monoisotopic (exact) mass is 391 g/mol. The normalized spacial score (nSPS) is 10.5. The number of benzene rings is 3. The molecule has 1 heterocycles. The van der Waals surface area contributed by atoms with Gasteiger partial charge in [0.2, 0.25) is 5.69 Å². The van der Waals surface area contributed by atoms with Gasteiger partial charge in [0.05, 0.1) is 0 Å². The Morgan fingerprint density at radius 3 is 2.00 bits per heavy atom. The minimum Gasteiger partial charge on any atom is -1.00 e. The summed E-state index contributed by atoms with van der Waals surface area (Å²) in [5, 5.41) is 10.1. The molecule has 0 aliphatic heterocycles. The Hall–Kier alpha value is -2.95. The largest absolute Gasteiger partial charge is 1.00 e. The second kappa shape index (κ2) is 9.12. The standard InChI is InChI=1S/C22H18N3S.ClH/c1-4-10-18(11-5-1)16-17-21-25(20-14-8-3-9-15-20)24-22(26-21)23-19-12-6-2-7-13-19;/h1-17H,(H,23,24);1H/q+1;/p-1. The van der Waals surface area contributed by atoms with E-state index in [4.69, 9.17) is 5.10 Å². The summed E-state index contributed by atoms with van der Waals surface area (Å²) in [7, 11) is 0. The average Bonchev–Trinajstić information content (AvgIpc) is 3.11. The lowest BCUT2D eigenvalue weighted by atomic mass is 10.2. The highest BCUT2D eigenvalue weighted by atomic mass is 35.5. The first-order valence-electron chi connectivity index (χ1n) is 8.42. The van der Waals surface area contributed by atoms with Gasteiger partial charge in [-0.3, -0.25) is 0 Å². The topological polar surface area (TPSA) is 28.8 Å². The van der Waals surface area contributed by atoms with Gasteiger partial charge in [0, 0.05) is 29.0 Å². The number of para-hydroxylation sites is 2. The van der Waals surface area contributed by atoms with Crippen LogP contribution in [-0.4, -0.2) is 5.10 Å². The van der Waals surface area contributed by atoms with Gasteiger partial charge in [-0.1, -0.05) is 66.7 Å². The number of hydrogen-bond donors (Lipinski definition) is 1. The minimum atomic E-state index is 0. The van der Waals surface area contributed by atoms with E-state index in [0.717, 1.165) is 27.1 Å². The van der Waals surface area contributed by atoms with Crippen molar-refractivity contribution in [3.8, 4) is 5.69 Å². The van der Waals surface area contributed by atoms with Crippen molar-refractivity contribution >= 4 is 34.3 Å². The van der Waals surface area contributed by atoms with E-state index in [2.05, 4.69) is 41.7 Å². The van der Waals surface area contributed by atoms with Gasteiger partial charge in [-0.25, -0.2) is 0 Å². The van der Waals surface area contributed by atoms with Crippen LogP contribution in [0.15, 0.2) is 91.0 Å². The molecule has 0 bridgehead atoms. The van der Waals surface area contributed by atoms with Crippen molar-refractivity contribution in [1.82, 2.24) is 5.10 Å². The van der Waals surface area contributed by atoms with Gasteiger partial charge in [0.1, 0.15) is 0 Å². The highest BCUT2D eigenvalue weighted by Crippen LogP contribution is 2.22. The lowest BCUT2D eigenvalue weighted by Crippen LogP contribution is -3.00. The number of nitrogens with one attached hydrogen (secondary N) is 1. The summed E-state index contributed by atoms with van der Waals surface area (Å²) in [6.07, 6.45) is 4.22. The van der Waals surface area contributed by atoms with E-state index in [1.165, 1.54) is 0 Å². The number of anilines is 2. The maximum Gasteiger partial charge on any atom is 0.297 e. The first-order chi connectivity index (χ1) is 12.9. The van der Waals surface area contributed by atoms with E-state index in [0.29, 0.717) is 0 Å². The molecule has 1 aromatic heterocycles. The molecule has 3 aromatic carbocycles. The molecule has 0 atom stereocenters. The summed E-state index contributed by atoms with van der Waals surface area (Å²) >= 11 is 1.62. The molecule has 4 rings (SSSR count). The molecule has 134 valence electrons. The molecule has 0 aliphatic rings. The van der Waals surface area contributed by atoms with Crippen LogP contribution in [0.5, 0.6) is 0 Å². The van der Waals surface area contributed by atoms with Crippen molar-refractivity contribution in [1.29, 1.82) is 0 Å². The van der Waals surface area contributed by atoms with Gasteiger partial charge in [-0.15, -0.1) is 0 Å². The molecule has 5 heteroatoms. The third-order valence-corrected chi connectivity index (χ3v) is 4.74. The second-order valence-electron chi connectivity index (χ2n) is 5.73. The molecular formula is C22H18ClN3S. The van der Waals surface area contributed by atoms with Gasteiger partial charge in [-0.2, -0.15) is 0 Å². The third-order valence-electron chi connectivity index (χ3n) is 3.84. The number of nitrogens with zero attached hydrogens (tertiary/aromatic N) is 2. The van der Waals surface area contributed by atoms with Crippen LogP contribution in [0.25, 0.3) is 17.8 Å². The molecule has 27 heavy (non-hydrogen) atoms. The molecule has 0 saturated heterocycles. The first kappa shape index (κ1) is 18.8. The van der Waals surface area contributed by atoms with E-state index < -0.39 is 0 Å². The van der Waals surface area contributed by atoms with Gasteiger partial charge < -0.3 is 17.7 Å². The van der Waals surface area contributed by atoms with E-state index in [1.54, 1.807) is 11.3 Å². The Kier molecular flexibility index (Phi) is 6.36. The molecule has 1 N–H and O–H groups in total. The van der Waals surface area contributed by atoms with Crippen LogP contribution in [0.2, 0.25) is 0 Å². The maximum absolute atomic E-state index is 4.76. The predicted octanol–water partition coefficient (Wildman–Crippen LogP) is 2.34. The SMILES string of the molecule is C(=Cc1sc(Nc2ccccc2)n[n+]1-c1ccccc1)c1ccccc1.[Cl-]. The molecule has 0 fully saturated rings. The van der Waals surface area contributed by atoms with E-state index in [1.807, 2.05) is 71.4 Å². The molecule has 0 radical (unpaired) electrons. The molecule has 0 aliphatic carbocycles. The molecule has 0 spiro atoms. The zero-order valence-corrected chi connectivity index (χ0v) is 16.1. The number of hydrogen-bond acceptors (Lipinski definition) is 3. The first-order valence-corrected chi connectivity index (χ1v) is 9.24. The Labute approximate surface area is 169 Å². The predicted molar refractivity (Wildman–Crippen MR) is 109 cm³/mol. The van der Waals surface area contributed by atoms with E-state index in [-0.39, 0.29) is 12.4 Å². The van der Waals surface area contributed by atoms with Crippen LogP contribution in [0.3, 0.4) is 0 Å². The Bertz CT molecular complexity index is 1000. The summed E-state index contributed by atoms with van der Waals surface area (Å²) in [6.45, 7) is 0. The molecular weight excluding hydrogens is 374 g/mol. The fourth-order valence-electron chi connectivity index (χ4n) is 2.59. The van der Waals surface area contributed by atoms with Crippen molar-refractivity contribution in [2.45, 2.75) is 0 Å². The molecule has 4 aromatic rings. The summed E-state index contributed by atoms with van der Waals surface area (Å²) in [5.74, 6) is 0. The Morgan fingerprint density at radius 1 is 0.741 bits per heavy atom. The average molecular weight is 392 g/mol. The molecule has 0 saturated carbocycles. The van der Waals surface area contributed by atoms with Crippen molar-refractivity contribution in [3.63, 3.8) is 0 Å². The van der Waals surface area contributed by atoms with Gasteiger partial charge in [-0.05, 0) is 39.8 Å². The highest BCUT2D eigenvalue weighted by molar-refractivity contribution is 7.15. The van der Waals surface area contributed by atoms with Crippen LogP contribution in [0.1, 0.15) is 10.6 Å². The summed E-state index contributed by atoms with van der Waals surface area (Å²) in [5.41, 5.74) is 3.23. The van der Waals surface area contributed by atoms with Gasteiger partial charge in [0.15, 0.2) is 0 Å². The third kappa shape index (κ3) is 4.82. The van der Waals surface area contributed by atoms with E-state index in [9.17, 15) is 0 Å². The van der Waals surface area contributed by atoms with Crippen LogP contribution in [-0.2, 0) is 0 Å². The number of aromatic nitrogens is 2. The van der Waals surface area contributed by atoms with Gasteiger partial charge >= 0.3 is 0 Å². The fraction of sp³-hybridized carbons (Fsp3) is 0. The van der Waals surface area contributed by atoms with Crippen LogP contribution >= 0.6 is 11.3 Å². The highest BCUT2D eigenvalue weighted by Gasteiger charge is 2.20. The summed E-state index contributed by atoms with van der Waals surface area (Å²) in [4.78, 5) is 0. The molecule has 0 amide bonds. The Balaban J connectivity index is 0.00000210. The maximum atomic E-state index is 4.76. The zero-order chi connectivity index (χ0) is 17.6. The van der Waals surface area contributed by atoms with Crippen molar-refractivity contribution in [2.75, 3.05) is 5.32 Å². The van der Waals surface area contributed by atoms with E-state index >= 15 is 0 Å². The quantitative estimate of drug-likeness (QED) is 0.529. The minimum absolute atomic E-state index is 0. The van der Waals surface area contributed by atoms with Crippen molar-refractivity contribution < 1.29 is 17.1 Å². The van der Waals surface area contributed by atoms with Crippen molar-refractivity contribution in [2.24, 2.45) is 0 Å². The fourth-order valence-corrected chi connectivity index (χ4v) is 3.45. The summed E-state index contributed by atoms with van der Waals surface area (Å²) in [6, 6.07) is 30.6. The Morgan fingerprint density at radius 2 is 1.33 bits per heavy atom. The lowest BCUT2D eigenvalue weighted by molar-refractivity contribution is -0.654.